The van der Waals surface area contributed by atoms with E-state index in [0.717, 1.165) is 5.56 Å². The van der Waals surface area contributed by atoms with Gasteiger partial charge < -0.3 is 23.8 Å². The molecule has 1 aliphatic rings. The Morgan fingerprint density at radius 2 is 1.57 bits per heavy atom. The summed E-state index contributed by atoms with van der Waals surface area (Å²) in [6.07, 6.45) is -0.773. The van der Waals surface area contributed by atoms with Crippen molar-refractivity contribution in [3.8, 4) is 17.2 Å². The van der Waals surface area contributed by atoms with E-state index in [1.807, 2.05) is 19.1 Å². The van der Waals surface area contributed by atoms with Crippen LogP contribution in [0.3, 0.4) is 0 Å². The standard InChI is InChI=1S/C28H31NO7S/c1-19-9-7-13-23(34-3)27(19)28(30)29-16-24(35-4)25(17-29)36-21-11-8-10-20(15-21)18-37(31,32)26-14-6-5-12-22(26)33-2/h5-15,24-25H,16-18H2,1-4H3/t24-,25-/m1/s1. The number of aryl methyl sites for hydroxylation is 1. The highest BCUT2D eigenvalue weighted by molar-refractivity contribution is 7.90. The minimum absolute atomic E-state index is 0.139. The lowest BCUT2D eigenvalue weighted by Gasteiger charge is -2.20. The van der Waals surface area contributed by atoms with Crippen molar-refractivity contribution in [2.45, 2.75) is 29.8 Å². The molecule has 1 heterocycles. The molecule has 0 N–H and O–H groups in total. The van der Waals surface area contributed by atoms with Gasteiger partial charge in [-0.15, -0.1) is 0 Å². The van der Waals surface area contributed by atoms with Crippen LogP contribution in [0.15, 0.2) is 71.6 Å². The summed E-state index contributed by atoms with van der Waals surface area (Å²) in [4.78, 5) is 15.2. The van der Waals surface area contributed by atoms with Crippen LogP contribution >= 0.6 is 0 Å². The van der Waals surface area contributed by atoms with E-state index in [4.69, 9.17) is 18.9 Å². The van der Waals surface area contributed by atoms with Crippen molar-refractivity contribution >= 4 is 15.7 Å². The maximum absolute atomic E-state index is 13.4. The predicted octanol–water partition coefficient (Wildman–Crippen LogP) is 3.90. The summed E-state index contributed by atoms with van der Waals surface area (Å²) in [5, 5.41) is 0. The van der Waals surface area contributed by atoms with Crippen LogP contribution < -0.4 is 14.2 Å². The largest absolute Gasteiger partial charge is 0.496 e. The van der Waals surface area contributed by atoms with Crippen LogP contribution in [0.2, 0.25) is 0 Å². The summed E-state index contributed by atoms with van der Waals surface area (Å²) in [6.45, 7) is 2.55. The number of nitrogens with zero attached hydrogens (tertiary/aromatic N) is 1. The molecule has 1 fully saturated rings. The average molecular weight is 526 g/mol. The molecule has 0 spiro atoms. The summed E-state index contributed by atoms with van der Waals surface area (Å²) in [5.41, 5.74) is 1.92. The number of sulfone groups is 1. The quantitative estimate of drug-likeness (QED) is 0.418. The lowest BCUT2D eigenvalue weighted by molar-refractivity contribution is 0.0339. The van der Waals surface area contributed by atoms with E-state index < -0.39 is 15.9 Å². The molecule has 0 unspecified atom stereocenters. The Hall–Kier alpha value is -3.56. The summed E-state index contributed by atoms with van der Waals surface area (Å²) < 4.78 is 48.6. The summed E-state index contributed by atoms with van der Waals surface area (Å²) in [6, 6.07) is 19.0. The second-order valence-corrected chi connectivity index (χ2v) is 10.8. The molecule has 4 rings (SSSR count). The van der Waals surface area contributed by atoms with E-state index in [1.54, 1.807) is 67.7 Å². The van der Waals surface area contributed by atoms with Gasteiger partial charge in [-0.1, -0.05) is 36.4 Å². The van der Waals surface area contributed by atoms with Gasteiger partial charge in [-0.2, -0.15) is 0 Å². The zero-order valence-electron chi connectivity index (χ0n) is 21.3. The molecule has 37 heavy (non-hydrogen) atoms. The Bertz CT molecular complexity index is 1370. The van der Waals surface area contributed by atoms with Crippen LogP contribution in [0.4, 0.5) is 0 Å². The van der Waals surface area contributed by atoms with Crippen molar-refractivity contribution < 1.29 is 32.2 Å². The van der Waals surface area contributed by atoms with Gasteiger partial charge in [-0.3, -0.25) is 4.79 Å². The number of amides is 1. The van der Waals surface area contributed by atoms with Crippen LogP contribution in [0.5, 0.6) is 17.2 Å². The predicted molar refractivity (Wildman–Crippen MR) is 139 cm³/mol. The minimum Gasteiger partial charge on any atom is -0.496 e. The topological polar surface area (TPSA) is 91.4 Å². The second kappa shape index (κ2) is 11.2. The molecule has 0 aliphatic carbocycles. The molecule has 1 amide bonds. The number of likely N-dealkylation sites (tertiary alicyclic amines) is 1. The second-order valence-electron chi connectivity index (χ2n) is 8.85. The number of ether oxygens (including phenoxy) is 4. The van der Waals surface area contributed by atoms with Gasteiger partial charge in [0.25, 0.3) is 5.91 Å². The molecule has 1 saturated heterocycles. The van der Waals surface area contributed by atoms with Gasteiger partial charge in [-0.25, -0.2) is 8.42 Å². The number of benzene rings is 3. The molecule has 0 aromatic heterocycles. The summed E-state index contributed by atoms with van der Waals surface area (Å²) >= 11 is 0. The Labute approximate surface area is 217 Å². The van der Waals surface area contributed by atoms with Gasteiger partial charge in [0.05, 0.1) is 38.6 Å². The van der Waals surface area contributed by atoms with Crippen LogP contribution in [0, 0.1) is 6.92 Å². The van der Waals surface area contributed by atoms with E-state index in [0.29, 0.717) is 41.5 Å². The third-order valence-electron chi connectivity index (χ3n) is 6.42. The molecule has 9 heteroatoms. The van der Waals surface area contributed by atoms with E-state index in [-0.39, 0.29) is 22.7 Å². The number of carbonyl (C=O) groups is 1. The van der Waals surface area contributed by atoms with Crippen molar-refractivity contribution in [1.82, 2.24) is 4.90 Å². The Morgan fingerprint density at radius 3 is 2.30 bits per heavy atom. The van der Waals surface area contributed by atoms with E-state index >= 15 is 0 Å². The van der Waals surface area contributed by atoms with Gasteiger partial charge in [0, 0.05) is 7.11 Å². The molecule has 3 aromatic carbocycles. The maximum atomic E-state index is 13.4. The molecule has 2 atom stereocenters. The zero-order chi connectivity index (χ0) is 26.6. The fraction of sp³-hybridized carbons (Fsp3) is 0.321. The molecule has 1 aliphatic heterocycles. The Kier molecular flexibility index (Phi) is 8.04. The fourth-order valence-electron chi connectivity index (χ4n) is 4.55. The van der Waals surface area contributed by atoms with Crippen LogP contribution in [0.1, 0.15) is 21.5 Å². The first-order valence-corrected chi connectivity index (χ1v) is 13.5. The van der Waals surface area contributed by atoms with Crippen molar-refractivity contribution in [2.24, 2.45) is 0 Å². The number of methoxy groups -OCH3 is 3. The Morgan fingerprint density at radius 1 is 0.892 bits per heavy atom. The Balaban J connectivity index is 1.50. The number of hydrogen-bond acceptors (Lipinski definition) is 7. The smallest absolute Gasteiger partial charge is 0.258 e. The monoisotopic (exact) mass is 525 g/mol. The lowest BCUT2D eigenvalue weighted by atomic mass is 10.1. The summed E-state index contributed by atoms with van der Waals surface area (Å²) in [7, 11) is 0.922. The molecule has 0 saturated carbocycles. The van der Waals surface area contributed by atoms with Gasteiger partial charge >= 0.3 is 0 Å². The SMILES string of the molecule is COc1ccccc1S(=O)(=O)Cc1cccc(O[C@@H]2CN(C(=O)c3c(C)cccc3OC)C[C@H]2OC)c1. The lowest BCUT2D eigenvalue weighted by Crippen LogP contribution is -2.32. The molecular formula is C28H31NO7S. The third-order valence-corrected chi connectivity index (χ3v) is 8.14. The number of rotatable bonds is 9. The fourth-order valence-corrected chi connectivity index (χ4v) is 6.07. The third kappa shape index (κ3) is 5.73. The van der Waals surface area contributed by atoms with Gasteiger partial charge in [0.1, 0.15) is 34.4 Å². The first kappa shape index (κ1) is 26.5. The highest BCUT2D eigenvalue weighted by Gasteiger charge is 2.38. The normalized spacial score (nSPS) is 17.5. The molecule has 196 valence electrons. The van der Waals surface area contributed by atoms with E-state index in [2.05, 4.69) is 0 Å². The number of hydrogen-bond donors (Lipinski definition) is 0. The van der Waals surface area contributed by atoms with Gasteiger partial charge in [0.2, 0.25) is 0 Å². The molecule has 0 bridgehead atoms. The van der Waals surface area contributed by atoms with Gasteiger partial charge in [-0.05, 0) is 48.4 Å². The number of para-hydroxylation sites is 1. The van der Waals surface area contributed by atoms with E-state index in [9.17, 15) is 13.2 Å². The van der Waals surface area contributed by atoms with Crippen LogP contribution in [-0.4, -0.2) is 65.9 Å². The minimum atomic E-state index is -3.65. The molecule has 3 aromatic rings. The molecule has 0 radical (unpaired) electrons. The highest BCUT2D eigenvalue weighted by atomic mass is 32.2. The van der Waals surface area contributed by atoms with Crippen molar-refractivity contribution in [2.75, 3.05) is 34.4 Å². The van der Waals surface area contributed by atoms with Crippen LogP contribution in [-0.2, 0) is 20.3 Å². The maximum Gasteiger partial charge on any atom is 0.258 e. The molecular weight excluding hydrogens is 494 g/mol. The first-order valence-electron chi connectivity index (χ1n) is 11.8. The highest BCUT2D eigenvalue weighted by Crippen LogP contribution is 2.29. The van der Waals surface area contributed by atoms with Crippen molar-refractivity contribution in [3.63, 3.8) is 0 Å². The first-order chi connectivity index (χ1) is 17.8. The van der Waals surface area contributed by atoms with Crippen molar-refractivity contribution in [3.05, 3.63) is 83.4 Å². The average Bonchev–Trinajstić information content (AvgIpc) is 3.30. The van der Waals surface area contributed by atoms with E-state index in [1.165, 1.54) is 13.2 Å². The van der Waals surface area contributed by atoms with Gasteiger partial charge in [0.15, 0.2) is 9.84 Å². The summed E-state index contributed by atoms with van der Waals surface area (Å²) in [5.74, 6) is 0.967. The number of carbonyl (C=O) groups excluding carboxylic acids is 1. The zero-order valence-corrected chi connectivity index (χ0v) is 22.2. The molecule has 8 nitrogen and oxygen atoms in total. The van der Waals surface area contributed by atoms with Crippen LogP contribution in [0.25, 0.3) is 0 Å². The van der Waals surface area contributed by atoms with Crippen molar-refractivity contribution in [1.29, 1.82) is 0 Å².